The number of aliphatic hydroxyl groups is 1. The van der Waals surface area contributed by atoms with Crippen molar-refractivity contribution in [2.24, 2.45) is 11.8 Å². The molecule has 1 aromatic rings. The number of likely N-dealkylation sites (tertiary alicyclic amines) is 1. The molecule has 18 heavy (non-hydrogen) atoms. The lowest BCUT2D eigenvalue weighted by Gasteiger charge is -2.36. The van der Waals surface area contributed by atoms with Crippen molar-refractivity contribution >= 4 is 5.69 Å². The van der Waals surface area contributed by atoms with Gasteiger partial charge in [-0.2, -0.15) is 0 Å². The monoisotopic (exact) mass is 248 g/mol. The van der Waals surface area contributed by atoms with Crippen LogP contribution in [0.2, 0.25) is 0 Å². The molecule has 100 valence electrons. The summed E-state index contributed by atoms with van der Waals surface area (Å²) in [4.78, 5) is 2.12. The number of nitrogens with one attached hydrogen (secondary N) is 1. The molecule has 1 aliphatic heterocycles. The average molecular weight is 248 g/mol. The zero-order valence-electron chi connectivity index (χ0n) is 11.3. The third-order valence-electron chi connectivity index (χ3n) is 3.93. The minimum absolute atomic E-state index is 0.569. The maximum absolute atomic E-state index is 10.2. The standard InChI is InChI=1S/C15H24N2O/c1-12(2)13-8-10-17(11-9-13)15(18)16-14-6-4-3-5-7-14/h3-7,12-13,15-16,18H,8-11H2,1-2H3. The molecular formula is C15H24N2O. The number of nitrogens with zero attached hydrogens (tertiary/aromatic N) is 1. The van der Waals surface area contributed by atoms with E-state index in [4.69, 9.17) is 0 Å². The van der Waals surface area contributed by atoms with Crippen LogP contribution in [0.3, 0.4) is 0 Å². The lowest BCUT2D eigenvalue weighted by Crippen LogP contribution is -2.46. The largest absolute Gasteiger partial charge is 0.361 e. The molecule has 0 spiro atoms. The topological polar surface area (TPSA) is 35.5 Å². The van der Waals surface area contributed by atoms with Gasteiger partial charge in [0.25, 0.3) is 0 Å². The van der Waals surface area contributed by atoms with E-state index in [-0.39, 0.29) is 0 Å². The van der Waals surface area contributed by atoms with E-state index in [0.29, 0.717) is 0 Å². The summed E-state index contributed by atoms with van der Waals surface area (Å²) in [7, 11) is 0. The van der Waals surface area contributed by atoms with Gasteiger partial charge in [-0.3, -0.25) is 4.90 Å². The summed E-state index contributed by atoms with van der Waals surface area (Å²) in [5.41, 5.74) is 0.969. The Kier molecular flexibility index (Phi) is 4.61. The zero-order valence-corrected chi connectivity index (χ0v) is 11.3. The third kappa shape index (κ3) is 3.47. The van der Waals surface area contributed by atoms with Crippen molar-refractivity contribution in [2.45, 2.75) is 33.0 Å². The molecule has 3 heteroatoms. The number of anilines is 1. The number of piperidine rings is 1. The predicted octanol–water partition coefficient (Wildman–Crippen LogP) is 2.74. The molecule has 1 unspecified atom stereocenters. The van der Waals surface area contributed by atoms with Crippen LogP contribution in [0.25, 0.3) is 0 Å². The van der Waals surface area contributed by atoms with Gasteiger partial charge in [-0.25, -0.2) is 0 Å². The van der Waals surface area contributed by atoms with Gasteiger partial charge < -0.3 is 10.4 Å². The van der Waals surface area contributed by atoms with Crippen LogP contribution in [-0.2, 0) is 0 Å². The lowest BCUT2D eigenvalue weighted by molar-refractivity contribution is -0.00151. The highest BCUT2D eigenvalue weighted by Crippen LogP contribution is 2.25. The van der Waals surface area contributed by atoms with Crippen molar-refractivity contribution in [1.82, 2.24) is 4.90 Å². The summed E-state index contributed by atoms with van der Waals surface area (Å²) in [6, 6.07) is 9.87. The SMILES string of the molecule is CC(C)C1CCN(C(O)Nc2ccccc2)CC1. The Morgan fingerprint density at radius 2 is 1.78 bits per heavy atom. The van der Waals surface area contributed by atoms with Crippen molar-refractivity contribution in [3.05, 3.63) is 30.3 Å². The summed E-state index contributed by atoms with van der Waals surface area (Å²) in [6.45, 7) is 6.53. The maximum atomic E-state index is 10.2. The number of benzene rings is 1. The minimum Gasteiger partial charge on any atom is -0.361 e. The lowest BCUT2D eigenvalue weighted by atomic mass is 9.87. The summed E-state index contributed by atoms with van der Waals surface area (Å²) >= 11 is 0. The highest BCUT2D eigenvalue weighted by molar-refractivity contribution is 5.42. The third-order valence-corrected chi connectivity index (χ3v) is 3.93. The van der Waals surface area contributed by atoms with Crippen molar-refractivity contribution < 1.29 is 5.11 Å². The Labute approximate surface area is 110 Å². The van der Waals surface area contributed by atoms with Crippen LogP contribution in [0.15, 0.2) is 30.3 Å². The van der Waals surface area contributed by atoms with Crippen LogP contribution >= 0.6 is 0 Å². The van der Waals surface area contributed by atoms with Gasteiger partial charge in [0, 0.05) is 18.8 Å². The van der Waals surface area contributed by atoms with Crippen LogP contribution < -0.4 is 5.32 Å². The van der Waals surface area contributed by atoms with E-state index >= 15 is 0 Å². The maximum Gasteiger partial charge on any atom is 0.184 e. The van der Waals surface area contributed by atoms with Crippen LogP contribution in [0.1, 0.15) is 26.7 Å². The van der Waals surface area contributed by atoms with Gasteiger partial charge in [-0.1, -0.05) is 32.0 Å². The van der Waals surface area contributed by atoms with Gasteiger partial charge in [0.15, 0.2) is 6.35 Å². The first-order valence-corrected chi connectivity index (χ1v) is 6.90. The molecule has 3 nitrogen and oxygen atoms in total. The highest BCUT2D eigenvalue weighted by Gasteiger charge is 2.25. The first-order chi connectivity index (χ1) is 8.66. The average Bonchev–Trinajstić information content (AvgIpc) is 2.40. The summed E-state index contributed by atoms with van der Waals surface area (Å²) in [6.07, 6.45) is 1.80. The molecule has 1 heterocycles. The molecule has 0 aliphatic carbocycles. The number of hydrogen-bond acceptors (Lipinski definition) is 3. The molecule has 0 aromatic heterocycles. The van der Waals surface area contributed by atoms with Gasteiger partial charge in [-0.05, 0) is 36.8 Å². The molecule has 1 saturated heterocycles. The van der Waals surface area contributed by atoms with Crippen molar-refractivity contribution in [2.75, 3.05) is 18.4 Å². The van der Waals surface area contributed by atoms with Gasteiger partial charge >= 0.3 is 0 Å². The number of rotatable bonds is 4. The molecule has 0 saturated carbocycles. The van der Waals surface area contributed by atoms with E-state index in [1.165, 1.54) is 12.8 Å². The van der Waals surface area contributed by atoms with E-state index in [1.807, 2.05) is 30.3 Å². The van der Waals surface area contributed by atoms with E-state index in [0.717, 1.165) is 30.6 Å². The molecule has 1 aliphatic rings. The Morgan fingerprint density at radius 3 is 2.33 bits per heavy atom. The Morgan fingerprint density at radius 1 is 1.17 bits per heavy atom. The van der Waals surface area contributed by atoms with Crippen LogP contribution in [-0.4, -0.2) is 29.4 Å². The van der Waals surface area contributed by atoms with E-state index < -0.39 is 6.35 Å². The molecule has 1 aromatic carbocycles. The molecule has 2 N–H and O–H groups in total. The fourth-order valence-electron chi connectivity index (χ4n) is 2.61. The van der Waals surface area contributed by atoms with Crippen molar-refractivity contribution in [1.29, 1.82) is 0 Å². The number of aliphatic hydroxyl groups excluding tert-OH is 1. The van der Waals surface area contributed by atoms with Crippen LogP contribution in [0.5, 0.6) is 0 Å². The van der Waals surface area contributed by atoms with E-state index in [9.17, 15) is 5.11 Å². The second-order valence-corrected chi connectivity index (χ2v) is 5.50. The molecule has 2 rings (SSSR count). The normalized spacial score (nSPS) is 20.0. The molecular weight excluding hydrogens is 224 g/mol. The van der Waals surface area contributed by atoms with Crippen LogP contribution in [0.4, 0.5) is 5.69 Å². The molecule has 0 amide bonds. The van der Waals surface area contributed by atoms with Crippen molar-refractivity contribution in [3.8, 4) is 0 Å². The number of hydrogen-bond donors (Lipinski definition) is 2. The van der Waals surface area contributed by atoms with Gasteiger partial charge in [0.2, 0.25) is 0 Å². The summed E-state index contributed by atoms with van der Waals surface area (Å²) < 4.78 is 0. The minimum atomic E-state index is -0.569. The molecule has 0 radical (unpaired) electrons. The van der Waals surface area contributed by atoms with Crippen LogP contribution in [0, 0.1) is 11.8 Å². The van der Waals surface area contributed by atoms with Gasteiger partial charge in [0.05, 0.1) is 0 Å². The Hall–Kier alpha value is -1.06. The number of para-hydroxylation sites is 1. The molecule has 1 fully saturated rings. The first-order valence-electron chi connectivity index (χ1n) is 6.90. The summed E-state index contributed by atoms with van der Waals surface area (Å²) in [5.74, 6) is 1.57. The summed E-state index contributed by atoms with van der Waals surface area (Å²) in [5, 5.41) is 13.3. The Bertz CT molecular complexity index is 345. The first kappa shape index (κ1) is 13.4. The second-order valence-electron chi connectivity index (χ2n) is 5.50. The molecule has 1 atom stereocenters. The van der Waals surface area contributed by atoms with Gasteiger partial charge in [-0.15, -0.1) is 0 Å². The van der Waals surface area contributed by atoms with Crippen molar-refractivity contribution in [3.63, 3.8) is 0 Å². The quantitative estimate of drug-likeness (QED) is 0.804. The van der Waals surface area contributed by atoms with E-state index in [1.54, 1.807) is 0 Å². The Balaban J connectivity index is 1.82. The fourth-order valence-corrected chi connectivity index (χ4v) is 2.61. The zero-order chi connectivity index (χ0) is 13.0. The second kappa shape index (κ2) is 6.21. The van der Waals surface area contributed by atoms with E-state index in [2.05, 4.69) is 24.1 Å². The fraction of sp³-hybridized carbons (Fsp3) is 0.600. The smallest absolute Gasteiger partial charge is 0.184 e. The molecule has 0 bridgehead atoms. The highest BCUT2D eigenvalue weighted by atomic mass is 16.3. The van der Waals surface area contributed by atoms with Gasteiger partial charge in [0.1, 0.15) is 0 Å². The predicted molar refractivity (Wildman–Crippen MR) is 75.2 cm³/mol.